The van der Waals surface area contributed by atoms with Crippen molar-refractivity contribution < 1.29 is 0 Å². The summed E-state index contributed by atoms with van der Waals surface area (Å²) >= 11 is 0. The molecule has 0 fully saturated rings. The summed E-state index contributed by atoms with van der Waals surface area (Å²) in [5.74, 6) is 0. The zero-order valence-electron chi connectivity index (χ0n) is 6.15. The first-order valence-corrected chi connectivity index (χ1v) is 3.06. The van der Waals surface area contributed by atoms with Crippen molar-refractivity contribution in [3.8, 4) is 0 Å². The molecule has 0 saturated heterocycles. The van der Waals surface area contributed by atoms with Gasteiger partial charge in [-0.05, 0) is 27.7 Å². The Morgan fingerprint density at radius 3 is 2.12 bits per heavy atom. The first-order chi connectivity index (χ1) is 3.66. The minimum absolute atomic E-state index is 0.561. The molecule has 0 spiro atoms. The minimum atomic E-state index is 0.561. The summed E-state index contributed by atoms with van der Waals surface area (Å²) < 4.78 is 0. The van der Waals surface area contributed by atoms with Crippen LogP contribution in [-0.4, -0.2) is 6.04 Å². The van der Waals surface area contributed by atoms with Crippen LogP contribution in [0.1, 0.15) is 27.7 Å². The van der Waals surface area contributed by atoms with Gasteiger partial charge in [0.05, 0.1) is 0 Å². The molecule has 0 amide bonds. The summed E-state index contributed by atoms with van der Waals surface area (Å²) in [5.41, 5.74) is 1.25. The van der Waals surface area contributed by atoms with E-state index in [1.54, 1.807) is 0 Å². The summed E-state index contributed by atoms with van der Waals surface area (Å²) in [5, 5.41) is 3.25. The normalized spacial score (nSPS) is 12.4. The molecule has 0 radical (unpaired) electrons. The molecule has 0 bridgehead atoms. The van der Waals surface area contributed by atoms with Crippen molar-refractivity contribution in [3.05, 3.63) is 11.8 Å². The van der Waals surface area contributed by atoms with Crippen LogP contribution in [0.5, 0.6) is 0 Å². The molecule has 0 aliphatic rings. The Kier molecular flexibility index (Phi) is 3.33. The molecule has 1 nitrogen and oxygen atoms in total. The van der Waals surface area contributed by atoms with Crippen LogP contribution in [0.2, 0.25) is 0 Å². The van der Waals surface area contributed by atoms with Gasteiger partial charge in [0.15, 0.2) is 0 Å². The van der Waals surface area contributed by atoms with Crippen LogP contribution in [-0.2, 0) is 0 Å². The van der Waals surface area contributed by atoms with E-state index in [1.165, 1.54) is 5.70 Å². The van der Waals surface area contributed by atoms with Crippen molar-refractivity contribution in [1.82, 2.24) is 5.32 Å². The van der Waals surface area contributed by atoms with Gasteiger partial charge in [-0.3, -0.25) is 0 Å². The lowest BCUT2D eigenvalue weighted by atomic mass is 10.3. The topological polar surface area (TPSA) is 12.0 Å². The predicted molar refractivity (Wildman–Crippen MR) is 37.7 cm³/mol. The fraction of sp³-hybridized carbons (Fsp3) is 0.714. The molecule has 0 aromatic carbocycles. The van der Waals surface area contributed by atoms with Gasteiger partial charge in [0.25, 0.3) is 0 Å². The summed E-state index contributed by atoms with van der Waals surface area (Å²) in [6.45, 7) is 8.37. The van der Waals surface area contributed by atoms with Crippen molar-refractivity contribution in [3.63, 3.8) is 0 Å². The van der Waals surface area contributed by atoms with Crippen LogP contribution >= 0.6 is 0 Å². The lowest BCUT2D eigenvalue weighted by Gasteiger charge is -2.08. The highest BCUT2D eigenvalue weighted by molar-refractivity contribution is 4.93. The van der Waals surface area contributed by atoms with E-state index >= 15 is 0 Å². The Morgan fingerprint density at radius 1 is 1.50 bits per heavy atom. The van der Waals surface area contributed by atoms with E-state index < -0.39 is 0 Å². The van der Waals surface area contributed by atoms with Crippen LogP contribution in [0.25, 0.3) is 0 Å². The van der Waals surface area contributed by atoms with Crippen LogP contribution in [0, 0.1) is 0 Å². The molecule has 0 aromatic heterocycles. The highest BCUT2D eigenvalue weighted by atomic mass is 14.9. The average molecular weight is 113 g/mol. The smallest absolute Gasteiger partial charge is 0.0201 e. The van der Waals surface area contributed by atoms with E-state index in [4.69, 9.17) is 0 Å². The third kappa shape index (κ3) is 3.72. The molecule has 0 rings (SSSR count). The first kappa shape index (κ1) is 7.54. The molecule has 48 valence electrons. The summed E-state index contributed by atoms with van der Waals surface area (Å²) in [7, 11) is 0. The molecule has 0 atom stereocenters. The van der Waals surface area contributed by atoms with Crippen LogP contribution < -0.4 is 5.32 Å². The van der Waals surface area contributed by atoms with E-state index in [0.29, 0.717) is 6.04 Å². The lowest BCUT2D eigenvalue weighted by molar-refractivity contribution is 0.668. The van der Waals surface area contributed by atoms with Crippen LogP contribution in [0.15, 0.2) is 11.8 Å². The number of nitrogens with one attached hydrogen (secondary N) is 1. The molecule has 0 unspecified atom stereocenters. The quantitative estimate of drug-likeness (QED) is 0.576. The summed E-state index contributed by atoms with van der Waals surface area (Å²) in [6.07, 6.45) is 2.07. The van der Waals surface area contributed by atoms with Gasteiger partial charge in [0.1, 0.15) is 0 Å². The Labute approximate surface area is 51.8 Å². The highest BCUT2D eigenvalue weighted by Gasteiger charge is 1.87. The molecule has 0 heterocycles. The molecule has 0 aliphatic carbocycles. The van der Waals surface area contributed by atoms with Gasteiger partial charge in [-0.25, -0.2) is 0 Å². The van der Waals surface area contributed by atoms with Crippen molar-refractivity contribution in [2.24, 2.45) is 0 Å². The van der Waals surface area contributed by atoms with E-state index in [2.05, 4.69) is 32.2 Å². The van der Waals surface area contributed by atoms with Crippen molar-refractivity contribution in [2.75, 3.05) is 0 Å². The first-order valence-electron chi connectivity index (χ1n) is 3.06. The van der Waals surface area contributed by atoms with Crippen LogP contribution in [0.3, 0.4) is 0 Å². The number of rotatable bonds is 2. The largest absolute Gasteiger partial charge is 0.387 e. The Bertz CT molecular complexity index is 82.4. The number of hydrogen-bond donors (Lipinski definition) is 1. The van der Waals surface area contributed by atoms with E-state index in [-0.39, 0.29) is 0 Å². The zero-order valence-corrected chi connectivity index (χ0v) is 6.15. The Balaban J connectivity index is 3.39. The van der Waals surface area contributed by atoms with Gasteiger partial charge in [0.2, 0.25) is 0 Å². The fourth-order valence-corrected chi connectivity index (χ4v) is 0.539. The molecule has 0 saturated carbocycles. The average Bonchev–Trinajstić information content (AvgIpc) is 1.65. The monoisotopic (exact) mass is 113 g/mol. The molecule has 8 heavy (non-hydrogen) atoms. The molecule has 0 aromatic rings. The van der Waals surface area contributed by atoms with Gasteiger partial charge in [-0.15, -0.1) is 0 Å². The fourth-order valence-electron chi connectivity index (χ4n) is 0.539. The molecule has 1 heteroatoms. The lowest BCUT2D eigenvalue weighted by Crippen LogP contribution is -2.19. The van der Waals surface area contributed by atoms with Crippen molar-refractivity contribution in [1.29, 1.82) is 0 Å². The maximum atomic E-state index is 3.25. The number of allylic oxidation sites excluding steroid dienone is 2. The van der Waals surface area contributed by atoms with Crippen molar-refractivity contribution >= 4 is 0 Å². The maximum absolute atomic E-state index is 3.25. The molecule has 1 N–H and O–H groups in total. The molecular weight excluding hydrogens is 98.1 g/mol. The molecule has 0 aliphatic heterocycles. The maximum Gasteiger partial charge on any atom is 0.0201 e. The second-order valence-electron chi connectivity index (χ2n) is 2.27. The SMILES string of the molecule is CC=C(C)NC(C)C. The van der Waals surface area contributed by atoms with Gasteiger partial charge in [-0.2, -0.15) is 0 Å². The summed E-state index contributed by atoms with van der Waals surface area (Å²) in [6, 6.07) is 0.561. The van der Waals surface area contributed by atoms with Gasteiger partial charge in [0, 0.05) is 11.7 Å². The van der Waals surface area contributed by atoms with Gasteiger partial charge < -0.3 is 5.32 Å². The van der Waals surface area contributed by atoms with E-state index in [1.807, 2.05) is 6.92 Å². The third-order valence-corrected chi connectivity index (χ3v) is 0.949. The van der Waals surface area contributed by atoms with Gasteiger partial charge in [-0.1, -0.05) is 6.08 Å². The highest BCUT2D eigenvalue weighted by Crippen LogP contribution is 1.87. The summed E-state index contributed by atoms with van der Waals surface area (Å²) in [4.78, 5) is 0. The minimum Gasteiger partial charge on any atom is -0.387 e. The Morgan fingerprint density at radius 2 is 2.00 bits per heavy atom. The second kappa shape index (κ2) is 3.53. The van der Waals surface area contributed by atoms with Crippen LogP contribution in [0.4, 0.5) is 0 Å². The van der Waals surface area contributed by atoms with Crippen molar-refractivity contribution in [2.45, 2.75) is 33.7 Å². The second-order valence-corrected chi connectivity index (χ2v) is 2.27. The molecular formula is C7H15N. The van der Waals surface area contributed by atoms with E-state index in [0.717, 1.165) is 0 Å². The zero-order chi connectivity index (χ0) is 6.57. The Hall–Kier alpha value is -0.460. The van der Waals surface area contributed by atoms with E-state index in [9.17, 15) is 0 Å². The third-order valence-electron chi connectivity index (χ3n) is 0.949. The van der Waals surface area contributed by atoms with Gasteiger partial charge >= 0.3 is 0 Å². The standard InChI is InChI=1S/C7H15N/c1-5-7(4)8-6(2)3/h5-6,8H,1-4H3. The predicted octanol–water partition coefficient (Wildman–Crippen LogP) is 1.91. The number of hydrogen-bond acceptors (Lipinski definition) is 1.